The van der Waals surface area contributed by atoms with Crippen LogP contribution in [0.2, 0.25) is 0 Å². The molecule has 2 aromatic rings. The van der Waals surface area contributed by atoms with Crippen LogP contribution in [-0.2, 0) is 10.0 Å². The van der Waals surface area contributed by atoms with Crippen molar-refractivity contribution >= 4 is 27.0 Å². The summed E-state index contributed by atoms with van der Waals surface area (Å²) in [6, 6.07) is 10.7. The topological polar surface area (TPSA) is 108 Å². The van der Waals surface area contributed by atoms with E-state index >= 15 is 0 Å². The number of sulfonamides is 1. The fourth-order valence-corrected chi connectivity index (χ4v) is 5.15. The van der Waals surface area contributed by atoms with Gasteiger partial charge < -0.3 is 0 Å². The molecule has 8 nitrogen and oxygen atoms in total. The van der Waals surface area contributed by atoms with Gasteiger partial charge in [0.05, 0.1) is 15.9 Å². The number of piperazine rings is 1. The lowest BCUT2D eigenvalue weighted by Gasteiger charge is -2.35. The van der Waals surface area contributed by atoms with E-state index < -0.39 is 21.0 Å². The average molecular weight is 392 g/mol. The first kappa shape index (κ1) is 18.5. The fourth-order valence-electron chi connectivity index (χ4n) is 2.88. The van der Waals surface area contributed by atoms with Gasteiger partial charge in [0.1, 0.15) is 6.04 Å². The largest absolute Gasteiger partial charge is 0.281 e. The predicted octanol–water partition coefficient (Wildman–Crippen LogP) is 2.23. The molecule has 0 aliphatic carbocycles. The Morgan fingerprint density at radius 2 is 1.92 bits per heavy atom. The van der Waals surface area contributed by atoms with Gasteiger partial charge in [-0.15, -0.1) is 11.3 Å². The molecule has 1 unspecified atom stereocenters. The third-order valence-electron chi connectivity index (χ3n) is 4.24. The maximum absolute atomic E-state index is 12.8. The Morgan fingerprint density at radius 1 is 1.19 bits per heavy atom. The zero-order valence-electron chi connectivity index (χ0n) is 13.7. The first-order valence-corrected chi connectivity index (χ1v) is 10.2. The Balaban J connectivity index is 1.74. The first-order valence-electron chi connectivity index (χ1n) is 7.85. The van der Waals surface area contributed by atoms with Crippen LogP contribution in [0, 0.1) is 21.4 Å². The normalized spacial score (nSPS) is 17.5. The SMILES string of the molecule is N#CC(c1cccs1)N1CCN(S(=O)(=O)c2cccc([N+](=O)[O-])c2)CC1. The molecule has 26 heavy (non-hydrogen) atoms. The van der Waals surface area contributed by atoms with Crippen molar-refractivity contribution in [2.24, 2.45) is 0 Å². The van der Waals surface area contributed by atoms with Crippen LogP contribution in [0.1, 0.15) is 10.9 Å². The van der Waals surface area contributed by atoms with Crippen LogP contribution in [-0.4, -0.2) is 48.7 Å². The Hall–Kier alpha value is -2.32. The molecule has 10 heteroatoms. The summed E-state index contributed by atoms with van der Waals surface area (Å²) in [6.45, 7) is 1.30. The summed E-state index contributed by atoms with van der Waals surface area (Å²) in [4.78, 5) is 13.1. The number of non-ortho nitro benzene ring substituents is 1. The lowest BCUT2D eigenvalue weighted by molar-refractivity contribution is -0.385. The second-order valence-corrected chi connectivity index (χ2v) is 8.66. The molecule has 1 aliphatic rings. The third-order valence-corrected chi connectivity index (χ3v) is 7.06. The molecular formula is C16H16N4O4S2. The van der Waals surface area contributed by atoms with Gasteiger partial charge in [-0.25, -0.2) is 8.42 Å². The number of nitro groups is 1. The molecule has 0 bridgehead atoms. The summed E-state index contributed by atoms with van der Waals surface area (Å²) in [5.74, 6) is 0. The van der Waals surface area contributed by atoms with E-state index in [1.54, 1.807) is 0 Å². The van der Waals surface area contributed by atoms with Crippen LogP contribution in [0.4, 0.5) is 5.69 Å². The molecule has 3 rings (SSSR count). The first-order chi connectivity index (χ1) is 12.4. The van der Waals surface area contributed by atoms with E-state index in [2.05, 4.69) is 6.07 Å². The number of hydrogen-bond donors (Lipinski definition) is 0. The van der Waals surface area contributed by atoms with Gasteiger partial charge in [-0.05, 0) is 17.5 Å². The zero-order chi connectivity index (χ0) is 18.7. The number of benzene rings is 1. The Labute approximate surface area is 155 Å². The number of rotatable bonds is 5. The van der Waals surface area contributed by atoms with E-state index in [1.807, 2.05) is 22.4 Å². The monoisotopic (exact) mass is 392 g/mol. The van der Waals surface area contributed by atoms with Gasteiger partial charge in [-0.1, -0.05) is 12.1 Å². The maximum Gasteiger partial charge on any atom is 0.270 e. The van der Waals surface area contributed by atoms with Gasteiger partial charge in [0, 0.05) is 43.2 Å². The van der Waals surface area contributed by atoms with E-state index in [0.29, 0.717) is 13.1 Å². The van der Waals surface area contributed by atoms with E-state index in [1.165, 1.54) is 33.8 Å². The lowest BCUT2D eigenvalue weighted by Crippen LogP contribution is -2.49. The standard InChI is InChI=1S/C16H16N4O4S2/c17-12-15(16-5-2-10-25-16)18-6-8-19(9-7-18)26(23,24)14-4-1-3-13(11-14)20(21)22/h1-5,10-11,15H,6-9H2. The van der Waals surface area contributed by atoms with E-state index in [4.69, 9.17) is 0 Å². The fraction of sp³-hybridized carbons (Fsp3) is 0.312. The predicted molar refractivity (Wildman–Crippen MR) is 96.1 cm³/mol. The molecule has 0 N–H and O–H groups in total. The van der Waals surface area contributed by atoms with Crippen molar-refractivity contribution in [2.75, 3.05) is 26.2 Å². The molecule has 136 valence electrons. The van der Waals surface area contributed by atoms with E-state index in [9.17, 15) is 23.8 Å². The molecular weight excluding hydrogens is 376 g/mol. The summed E-state index contributed by atoms with van der Waals surface area (Å²) < 4.78 is 26.8. The number of nitro benzene ring substituents is 1. The molecule has 1 aromatic carbocycles. The summed E-state index contributed by atoms with van der Waals surface area (Å²) in [7, 11) is -3.81. The molecule has 0 amide bonds. The van der Waals surface area contributed by atoms with Gasteiger partial charge in [0.15, 0.2) is 0 Å². The Bertz CT molecular complexity index is 929. The Morgan fingerprint density at radius 3 is 2.50 bits per heavy atom. The molecule has 0 saturated carbocycles. The lowest BCUT2D eigenvalue weighted by atomic mass is 10.2. The minimum Gasteiger partial charge on any atom is -0.281 e. The second kappa shape index (κ2) is 7.51. The quantitative estimate of drug-likeness (QED) is 0.570. The highest BCUT2D eigenvalue weighted by Crippen LogP contribution is 2.27. The summed E-state index contributed by atoms with van der Waals surface area (Å²) in [6.07, 6.45) is 0. The van der Waals surface area contributed by atoms with Crippen molar-refractivity contribution in [2.45, 2.75) is 10.9 Å². The van der Waals surface area contributed by atoms with Crippen LogP contribution in [0.3, 0.4) is 0 Å². The number of nitriles is 1. The average Bonchev–Trinajstić information content (AvgIpc) is 3.17. The molecule has 0 spiro atoms. The van der Waals surface area contributed by atoms with Gasteiger partial charge in [-0.2, -0.15) is 9.57 Å². The summed E-state index contributed by atoms with van der Waals surface area (Å²) >= 11 is 1.50. The van der Waals surface area contributed by atoms with Gasteiger partial charge in [0.25, 0.3) is 5.69 Å². The molecule has 1 atom stereocenters. The highest BCUT2D eigenvalue weighted by Gasteiger charge is 2.32. The van der Waals surface area contributed by atoms with Crippen molar-refractivity contribution in [3.05, 3.63) is 56.8 Å². The Kier molecular flexibility index (Phi) is 5.33. The highest BCUT2D eigenvalue weighted by molar-refractivity contribution is 7.89. The summed E-state index contributed by atoms with van der Waals surface area (Å²) in [5.41, 5.74) is -0.257. The van der Waals surface area contributed by atoms with Crippen molar-refractivity contribution in [3.8, 4) is 6.07 Å². The van der Waals surface area contributed by atoms with E-state index in [-0.39, 0.29) is 23.7 Å². The van der Waals surface area contributed by atoms with Crippen LogP contribution in [0.5, 0.6) is 0 Å². The highest BCUT2D eigenvalue weighted by atomic mass is 32.2. The number of nitrogens with zero attached hydrogens (tertiary/aromatic N) is 4. The van der Waals surface area contributed by atoms with Crippen molar-refractivity contribution in [1.82, 2.24) is 9.21 Å². The van der Waals surface area contributed by atoms with Gasteiger partial charge in [-0.3, -0.25) is 15.0 Å². The molecule has 1 aliphatic heterocycles. The van der Waals surface area contributed by atoms with Crippen LogP contribution in [0.15, 0.2) is 46.7 Å². The maximum atomic E-state index is 12.8. The molecule has 1 fully saturated rings. The molecule has 1 aromatic heterocycles. The van der Waals surface area contributed by atoms with E-state index in [0.717, 1.165) is 10.9 Å². The van der Waals surface area contributed by atoms with Crippen molar-refractivity contribution < 1.29 is 13.3 Å². The van der Waals surface area contributed by atoms with Gasteiger partial charge >= 0.3 is 0 Å². The van der Waals surface area contributed by atoms with Crippen molar-refractivity contribution in [3.63, 3.8) is 0 Å². The second-order valence-electron chi connectivity index (χ2n) is 5.74. The molecule has 1 saturated heterocycles. The number of hydrogen-bond acceptors (Lipinski definition) is 7. The van der Waals surface area contributed by atoms with Crippen LogP contribution >= 0.6 is 11.3 Å². The number of thiophene rings is 1. The minimum atomic E-state index is -3.81. The summed E-state index contributed by atoms with van der Waals surface area (Å²) in [5, 5.41) is 22.2. The smallest absolute Gasteiger partial charge is 0.270 e. The zero-order valence-corrected chi connectivity index (χ0v) is 15.3. The van der Waals surface area contributed by atoms with Crippen LogP contribution in [0.25, 0.3) is 0 Å². The van der Waals surface area contributed by atoms with Crippen molar-refractivity contribution in [1.29, 1.82) is 5.26 Å². The van der Waals surface area contributed by atoms with Crippen LogP contribution < -0.4 is 0 Å². The van der Waals surface area contributed by atoms with Gasteiger partial charge in [0.2, 0.25) is 10.0 Å². The molecule has 0 radical (unpaired) electrons. The minimum absolute atomic E-state index is 0.0877. The molecule has 2 heterocycles. The third kappa shape index (κ3) is 3.61.